The Labute approximate surface area is 244 Å². The molecule has 0 saturated carbocycles. The molecule has 2 aromatic carbocycles. The van der Waals surface area contributed by atoms with E-state index in [-0.39, 0.29) is 37.0 Å². The van der Waals surface area contributed by atoms with Crippen LogP contribution >= 0.6 is 0 Å². The summed E-state index contributed by atoms with van der Waals surface area (Å²) in [5.74, 6) is -0.0478. The van der Waals surface area contributed by atoms with E-state index in [1.54, 1.807) is 19.2 Å². The van der Waals surface area contributed by atoms with Crippen molar-refractivity contribution in [3.05, 3.63) is 59.7 Å². The first-order valence-electron chi connectivity index (χ1n) is 14.1. The number of methoxy groups -OCH3 is 1. The number of rotatable bonds is 12. The molecule has 1 amide bonds. The Balaban J connectivity index is 1.66. The molecular formula is C31H45NO8Si. The Bertz CT molecular complexity index is 1170. The van der Waals surface area contributed by atoms with E-state index in [2.05, 4.69) is 39.2 Å². The summed E-state index contributed by atoms with van der Waals surface area (Å²) in [4.78, 5) is 13.1. The van der Waals surface area contributed by atoms with Crippen molar-refractivity contribution in [2.24, 2.45) is 0 Å². The van der Waals surface area contributed by atoms with E-state index in [0.717, 1.165) is 5.56 Å². The van der Waals surface area contributed by atoms with E-state index in [4.69, 9.17) is 32.8 Å². The number of fused-ring (bicyclic) bond motifs is 1. The molecule has 2 heterocycles. The maximum absolute atomic E-state index is 13.1. The molecule has 0 radical (unpaired) electrons. The summed E-state index contributed by atoms with van der Waals surface area (Å²) in [5, 5.41) is 3.15. The molecule has 41 heavy (non-hydrogen) atoms. The second kappa shape index (κ2) is 12.8. The van der Waals surface area contributed by atoms with Gasteiger partial charge in [-0.2, -0.15) is 0 Å². The SMILES string of the molecule is COCO[C@@H]([C@@H]1OC(C)(C)O[C@H]1CO[Si](C)(C)C(C)(C)C)[C@@H](CNC(=O)c1ccccc1)c1ccc2c(c1)OCO2. The molecule has 0 aliphatic carbocycles. The normalized spacial score (nSPS) is 21.5. The summed E-state index contributed by atoms with van der Waals surface area (Å²) < 4.78 is 42.5. The van der Waals surface area contributed by atoms with Crippen molar-refractivity contribution in [2.45, 2.75) is 82.8 Å². The standard InChI is InChI=1S/C31H45NO8Si/c1-30(2,3)41(7,8)38-18-26-28(40-31(4,5)39-26)27(37-19-34-6)23(17-32-29(33)21-12-10-9-11-13-21)22-14-15-24-25(16-22)36-20-35-24/h9-16,23,26-28H,17-20H2,1-8H3,(H,32,33)/t23-,26-,27+,28+/m0/s1. The molecule has 2 aliphatic heterocycles. The van der Waals surface area contributed by atoms with Gasteiger partial charge in [0.15, 0.2) is 25.6 Å². The highest BCUT2D eigenvalue weighted by molar-refractivity contribution is 6.74. The lowest BCUT2D eigenvalue weighted by Gasteiger charge is -2.38. The van der Waals surface area contributed by atoms with Gasteiger partial charge in [0.2, 0.25) is 6.79 Å². The predicted octanol–water partition coefficient (Wildman–Crippen LogP) is 5.46. The van der Waals surface area contributed by atoms with Crippen LogP contribution in [0.1, 0.15) is 56.5 Å². The fourth-order valence-electron chi connectivity index (χ4n) is 4.83. The van der Waals surface area contributed by atoms with Crippen molar-refractivity contribution in [3.63, 3.8) is 0 Å². The number of hydrogen-bond donors (Lipinski definition) is 1. The molecule has 226 valence electrons. The second-order valence-corrected chi connectivity index (χ2v) is 17.4. The lowest BCUT2D eigenvalue weighted by Crippen LogP contribution is -2.49. The first-order chi connectivity index (χ1) is 19.3. The molecule has 0 bridgehead atoms. The molecule has 1 fully saturated rings. The Morgan fingerprint density at radius 1 is 1.07 bits per heavy atom. The molecule has 1 N–H and O–H groups in total. The summed E-state index contributed by atoms with van der Waals surface area (Å²) in [7, 11) is -0.486. The minimum atomic E-state index is -2.07. The van der Waals surface area contributed by atoms with E-state index >= 15 is 0 Å². The topological polar surface area (TPSA) is 93.7 Å². The van der Waals surface area contributed by atoms with E-state index in [9.17, 15) is 4.79 Å². The minimum absolute atomic E-state index is 0.0362. The van der Waals surface area contributed by atoms with Crippen molar-refractivity contribution in [2.75, 3.05) is 33.8 Å². The first-order valence-corrected chi connectivity index (χ1v) is 17.0. The molecule has 10 heteroatoms. The van der Waals surface area contributed by atoms with Crippen LogP contribution in [-0.2, 0) is 23.4 Å². The zero-order chi connectivity index (χ0) is 29.8. The third kappa shape index (κ3) is 7.68. The number of hydrogen-bond acceptors (Lipinski definition) is 8. The van der Waals surface area contributed by atoms with Crippen molar-refractivity contribution in [3.8, 4) is 11.5 Å². The first kappa shape index (κ1) is 31.5. The molecular weight excluding hydrogens is 542 g/mol. The predicted molar refractivity (Wildman–Crippen MR) is 158 cm³/mol. The number of ether oxygens (including phenoxy) is 6. The molecule has 2 aliphatic rings. The van der Waals surface area contributed by atoms with Crippen LogP contribution < -0.4 is 14.8 Å². The highest BCUT2D eigenvalue weighted by atomic mass is 28.4. The molecule has 2 aromatic rings. The third-order valence-corrected chi connectivity index (χ3v) is 12.6. The quantitative estimate of drug-likeness (QED) is 0.259. The van der Waals surface area contributed by atoms with Crippen LogP contribution in [0.2, 0.25) is 18.1 Å². The van der Waals surface area contributed by atoms with Gasteiger partial charge in [-0.3, -0.25) is 4.79 Å². The van der Waals surface area contributed by atoms with E-state index in [1.807, 2.05) is 50.2 Å². The average Bonchev–Trinajstić information content (AvgIpc) is 3.51. The molecule has 0 unspecified atom stereocenters. The molecule has 0 spiro atoms. The maximum Gasteiger partial charge on any atom is 0.251 e. The van der Waals surface area contributed by atoms with E-state index < -0.39 is 32.4 Å². The molecule has 1 saturated heterocycles. The molecule has 9 nitrogen and oxygen atoms in total. The monoisotopic (exact) mass is 587 g/mol. The Morgan fingerprint density at radius 2 is 1.78 bits per heavy atom. The summed E-state index contributed by atoms with van der Waals surface area (Å²) in [6.07, 6.45) is -1.46. The smallest absolute Gasteiger partial charge is 0.251 e. The number of carbonyl (C=O) groups is 1. The minimum Gasteiger partial charge on any atom is -0.454 e. The van der Waals surface area contributed by atoms with Gasteiger partial charge in [-0.25, -0.2) is 0 Å². The lowest BCUT2D eigenvalue weighted by atomic mass is 9.87. The van der Waals surface area contributed by atoms with Gasteiger partial charge in [0.05, 0.1) is 12.7 Å². The summed E-state index contributed by atoms with van der Waals surface area (Å²) >= 11 is 0. The second-order valence-electron chi connectivity index (χ2n) is 12.5. The number of amides is 1. The fraction of sp³-hybridized carbons (Fsp3) is 0.581. The number of carbonyl (C=O) groups excluding carboxylic acids is 1. The van der Waals surface area contributed by atoms with Gasteiger partial charge in [0.25, 0.3) is 5.91 Å². The van der Waals surface area contributed by atoms with Gasteiger partial charge in [0, 0.05) is 25.1 Å². The molecule has 4 atom stereocenters. The number of nitrogens with one attached hydrogen (secondary N) is 1. The van der Waals surface area contributed by atoms with Crippen molar-refractivity contribution >= 4 is 14.2 Å². The van der Waals surface area contributed by atoms with Crippen LogP contribution in [-0.4, -0.2) is 72.2 Å². The van der Waals surface area contributed by atoms with Crippen molar-refractivity contribution < 1.29 is 37.6 Å². The Morgan fingerprint density at radius 3 is 2.46 bits per heavy atom. The lowest BCUT2D eigenvalue weighted by molar-refractivity contribution is -0.173. The van der Waals surface area contributed by atoms with Crippen LogP contribution in [0.5, 0.6) is 11.5 Å². The Hall–Kier alpha value is -2.47. The van der Waals surface area contributed by atoms with Gasteiger partial charge in [0.1, 0.15) is 19.0 Å². The zero-order valence-electron chi connectivity index (χ0n) is 25.5. The van der Waals surface area contributed by atoms with E-state index in [1.165, 1.54) is 0 Å². The number of benzene rings is 2. The molecule has 4 rings (SSSR count). The summed E-state index contributed by atoms with van der Waals surface area (Å²) in [6.45, 7) is 15.7. The van der Waals surface area contributed by atoms with Crippen LogP contribution in [0.15, 0.2) is 48.5 Å². The highest BCUT2D eigenvalue weighted by Gasteiger charge is 2.49. The van der Waals surface area contributed by atoms with Gasteiger partial charge >= 0.3 is 0 Å². The average molecular weight is 588 g/mol. The van der Waals surface area contributed by atoms with Gasteiger partial charge in [-0.15, -0.1) is 0 Å². The van der Waals surface area contributed by atoms with Crippen molar-refractivity contribution in [1.82, 2.24) is 5.32 Å². The highest BCUT2D eigenvalue weighted by Crippen LogP contribution is 2.41. The van der Waals surface area contributed by atoms with Crippen LogP contribution in [0.4, 0.5) is 0 Å². The zero-order valence-corrected chi connectivity index (χ0v) is 26.5. The fourth-order valence-corrected chi connectivity index (χ4v) is 5.84. The third-order valence-electron chi connectivity index (χ3n) is 8.08. The van der Waals surface area contributed by atoms with E-state index in [0.29, 0.717) is 23.7 Å². The Kier molecular flexibility index (Phi) is 9.83. The van der Waals surface area contributed by atoms with Gasteiger partial charge in [-0.05, 0) is 61.8 Å². The van der Waals surface area contributed by atoms with Crippen LogP contribution in [0.3, 0.4) is 0 Å². The maximum atomic E-state index is 13.1. The van der Waals surface area contributed by atoms with Crippen molar-refractivity contribution in [1.29, 1.82) is 0 Å². The van der Waals surface area contributed by atoms with Gasteiger partial charge < -0.3 is 38.2 Å². The molecule has 0 aromatic heterocycles. The largest absolute Gasteiger partial charge is 0.454 e. The van der Waals surface area contributed by atoms with Crippen LogP contribution in [0.25, 0.3) is 0 Å². The van der Waals surface area contributed by atoms with Crippen LogP contribution in [0, 0.1) is 0 Å². The summed E-state index contributed by atoms with van der Waals surface area (Å²) in [6, 6.07) is 14.9. The van der Waals surface area contributed by atoms with Gasteiger partial charge in [-0.1, -0.05) is 45.0 Å². The summed E-state index contributed by atoms with van der Waals surface area (Å²) in [5.41, 5.74) is 1.48.